The number of amides is 1. The number of hydrazone groups is 1. The minimum absolute atomic E-state index is 0.486. The van der Waals surface area contributed by atoms with Crippen molar-refractivity contribution in [3.05, 3.63) is 35.4 Å². The Labute approximate surface area is 75.5 Å². The van der Waals surface area contributed by atoms with Crippen molar-refractivity contribution in [3.63, 3.8) is 0 Å². The quantitative estimate of drug-likeness (QED) is 0.414. The number of carbonyl (C=O) groups excluding carboxylic acids is 1. The van der Waals surface area contributed by atoms with Crippen molar-refractivity contribution in [3.8, 4) is 6.07 Å². The second-order valence-corrected chi connectivity index (χ2v) is 2.24. The molecule has 0 saturated carbocycles. The van der Waals surface area contributed by atoms with Gasteiger partial charge in [0, 0.05) is 0 Å². The predicted molar refractivity (Wildman–Crippen MR) is 48.0 cm³/mol. The van der Waals surface area contributed by atoms with E-state index in [4.69, 9.17) is 5.26 Å². The third-order valence-corrected chi connectivity index (χ3v) is 1.38. The molecular weight excluding hydrogens is 166 g/mol. The maximum atomic E-state index is 9.83. The molecule has 4 nitrogen and oxygen atoms in total. The second kappa shape index (κ2) is 4.67. The number of nitriles is 1. The fourth-order valence-electron chi connectivity index (χ4n) is 0.786. The van der Waals surface area contributed by atoms with Gasteiger partial charge in [0.15, 0.2) is 0 Å². The van der Waals surface area contributed by atoms with Gasteiger partial charge in [0.25, 0.3) is 0 Å². The Bertz CT molecular complexity index is 348. The molecule has 1 aromatic carbocycles. The molecule has 4 heteroatoms. The van der Waals surface area contributed by atoms with E-state index in [2.05, 4.69) is 10.5 Å². The fourth-order valence-corrected chi connectivity index (χ4v) is 0.786. The molecular formula is C9H7N3O. The van der Waals surface area contributed by atoms with E-state index in [9.17, 15) is 4.79 Å². The average molecular weight is 173 g/mol. The van der Waals surface area contributed by atoms with Gasteiger partial charge in [0.2, 0.25) is 6.41 Å². The summed E-state index contributed by atoms with van der Waals surface area (Å²) in [5.74, 6) is 0. The minimum atomic E-state index is 0.486. The number of hydrogen-bond donors (Lipinski definition) is 1. The lowest BCUT2D eigenvalue weighted by Gasteiger charge is -1.91. The van der Waals surface area contributed by atoms with E-state index in [1.165, 1.54) is 6.21 Å². The summed E-state index contributed by atoms with van der Waals surface area (Å²) in [7, 11) is 0. The lowest BCUT2D eigenvalue weighted by molar-refractivity contribution is -0.109. The highest BCUT2D eigenvalue weighted by Crippen LogP contribution is 1.99. The van der Waals surface area contributed by atoms with Crippen molar-refractivity contribution >= 4 is 12.6 Å². The van der Waals surface area contributed by atoms with E-state index in [0.29, 0.717) is 12.0 Å². The Morgan fingerprint density at radius 1 is 1.38 bits per heavy atom. The van der Waals surface area contributed by atoms with Crippen LogP contribution in [0.4, 0.5) is 0 Å². The molecule has 0 heterocycles. The topological polar surface area (TPSA) is 65.2 Å². The maximum absolute atomic E-state index is 9.83. The molecule has 0 bridgehead atoms. The molecule has 1 amide bonds. The van der Waals surface area contributed by atoms with Crippen LogP contribution in [0.3, 0.4) is 0 Å². The van der Waals surface area contributed by atoms with Gasteiger partial charge in [-0.15, -0.1) is 0 Å². The number of carbonyl (C=O) groups is 1. The van der Waals surface area contributed by atoms with Crippen LogP contribution in [-0.4, -0.2) is 12.6 Å². The van der Waals surface area contributed by atoms with Gasteiger partial charge in [-0.25, -0.2) is 5.43 Å². The van der Waals surface area contributed by atoms with E-state index < -0.39 is 0 Å². The number of benzene rings is 1. The van der Waals surface area contributed by atoms with Crippen LogP contribution in [0.5, 0.6) is 0 Å². The minimum Gasteiger partial charge on any atom is -0.277 e. The first-order chi connectivity index (χ1) is 6.36. The summed E-state index contributed by atoms with van der Waals surface area (Å²) in [6.45, 7) is 0. The van der Waals surface area contributed by atoms with Crippen LogP contribution in [0, 0.1) is 11.3 Å². The highest BCUT2D eigenvalue weighted by atomic mass is 16.1. The normalized spacial score (nSPS) is 9.46. The van der Waals surface area contributed by atoms with Gasteiger partial charge in [-0.3, -0.25) is 4.79 Å². The molecule has 64 valence electrons. The van der Waals surface area contributed by atoms with Crippen molar-refractivity contribution in [2.45, 2.75) is 0 Å². The van der Waals surface area contributed by atoms with Crippen LogP contribution >= 0.6 is 0 Å². The molecule has 0 spiro atoms. The van der Waals surface area contributed by atoms with Crippen molar-refractivity contribution in [2.75, 3.05) is 0 Å². The highest BCUT2D eigenvalue weighted by molar-refractivity contribution is 5.80. The summed E-state index contributed by atoms with van der Waals surface area (Å²) in [6.07, 6.45) is 1.98. The number of nitrogens with one attached hydrogen (secondary N) is 1. The molecule has 0 aromatic heterocycles. The summed E-state index contributed by atoms with van der Waals surface area (Å²) < 4.78 is 0. The van der Waals surface area contributed by atoms with Crippen molar-refractivity contribution in [2.24, 2.45) is 5.10 Å². The third-order valence-electron chi connectivity index (χ3n) is 1.38. The van der Waals surface area contributed by atoms with Crippen LogP contribution in [-0.2, 0) is 4.79 Å². The van der Waals surface area contributed by atoms with Crippen molar-refractivity contribution in [1.29, 1.82) is 5.26 Å². The molecule has 1 aromatic rings. The zero-order valence-electron chi connectivity index (χ0n) is 6.77. The Morgan fingerprint density at radius 3 is 2.62 bits per heavy atom. The molecule has 0 fully saturated rings. The van der Waals surface area contributed by atoms with Gasteiger partial charge in [-0.2, -0.15) is 10.4 Å². The summed E-state index contributed by atoms with van der Waals surface area (Å²) in [5.41, 5.74) is 3.57. The van der Waals surface area contributed by atoms with Gasteiger partial charge in [0.05, 0.1) is 17.8 Å². The fraction of sp³-hybridized carbons (Fsp3) is 0. The first kappa shape index (κ1) is 8.94. The van der Waals surface area contributed by atoms with Crippen molar-refractivity contribution < 1.29 is 4.79 Å². The smallest absolute Gasteiger partial charge is 0.227 e. The SMILES string of the molecule is N#Cc1ccc(C=NNC=O)cc1. The summed E-state index contributed by atoms with van der Waals surface area (Å²) in [5, 5.41) is 12.1. The Morgan fingerprint density at radius 2 is 2.08 bits per heavy atom. The van der Waals surface area contributed by atoms with Crippen LogP contribution in [0.25, 0.3) is 0 Å². The molecule has 1 N–H and O–H groups in total. The molecule has 13 heavy (non-hydrogen) atoms. The molecule has 0 radical (unpaired) electrons. The van der Waals surface area contributed by atoms with E-state index in [1.54, 1.807) is 24.3 Å². The monoisotopic (exact) mass is 173 g/mol. The predicted octanol–water partition coefficient (Wildman–Crippen LogP) is 0.638. The maximum Gasteiger partial charge on any atom is 0.227 e. The van der Waals surface area contributed by atoms with E-state index in [1.807, 2.05) is 6.07 Å². The molecule has 1 rings (SSSR count). The van der Waals surface area contributed by atoms with Gasteiger partial charge < -0.3 is 0 Å². The zero-order valence-corrected chi connectivity index (χ0v) is 6.77. The van der Waals surface area contributed by atoms with Gasteiger partial charge >= 0.3 is 0 Å². The van der Waals surface area contributed by atoms with E-state index in [0.717, 1.165) is 5.56 Å². The van der Waals surface area contributed by atoms with E-state index in [-0.39, 0.29) is 0 Å². The molecule has 0 atom stereocenters. The zero-order chi connectivity index (χ0) is 9.52. The Balaban J connectivity index is 2.70. The standard InChI is InChI=1S/C9H7N3O/c10-5-8-1-3-9(4-2-8)6-11-12-7-13/h1-4,6-7H,(H,12,13). The molecule has 0 aliphatic heterocycles. The second-order valence-electron chi connectivity index (χ2n) is 2.24. The van der Waals surface area contributed by atoms with Gasteiger partial charge in [-0.05, 0) is 17.7 Å². The summed E-state index contributed by atoms with van der Waals surface area (Å²) in [4.78, 5) is 9.83. The molecule has 0 unspecified atom stereocenters. The number of hydrogen-bond acceptors (Lipinski definition) is 3. The first-order valence-electron chi connectivity index (χ1n) is 3.59. The Kier molecular flexibility index (Phi) is 3.21. The van der Waals surface area contributed by atoms with Crippen LogP contribution in [0.1, 0.15) is 11.1 Å². The Hall–Kier alpha value is -2.15. The summed E-state index contributed by atoms with van der Waals surface area (Å²) in [6, 6.07) is 8.86. The van der Waals surface area contributed by atoms with Crippen LogP contribution < -0.4 is 5.43 Å². The largest absolute Gasteiger partial charge is 0.277 e. The lowest BCUT2D eigenvalue weighted by atomic mass is 10.2. The molecule has 0 saturated heterocycles. The third kappa shape index (κ3) is 2.75. The lowest BCUT2D eigenvalue weighted by Crippen LogP contribution is -2.00. The first-order valence-corrected chi connectivity index (χ1v) is 3.59. The average Bonchev–Trinajstić information content (AvgIpc) is 2.19. The van der Waals surface area contributed by atoms with Gasteiger partial charge in [-0.1, -0.05) is 12.1 Å². The van der Waals surface area contributed by atoms with Crippen molar-refractivity contribution in [1.82, 2.24) is 5.43 Å². The number of nitrogens with zero attached hydrogens (tertiary/aromatic N) is 2. The molecule has 0 aliphatic carbocycles. The van der Waals surface area contributed by atoms with Crippen LogP contribution in [0.2, 0.25) is 0 Å². The number of rotatable bonds is 3. The van der Waals surface area contributed by atoms with E-state index >= 15 is 0 Å². The summed E-state index contributed by atoms with van der Waals surface area (Å²) >= 11 is 0. The van der Waals surface area contributed by atoms with Crippen LogP contribution in [0.15, 0.2) is 29.4 Å². The molecule has 0 aliphatic rings. The highest BCUT2D eigenvalue weighted by Gasteiger charge is 1.88. The van der Waals surface area contributed by atoms with Gasteiger partial charge in [0.1, 0.15) is 0 Å².